The lowest BCUT2D eigenvalue weighted by atomic mass is 9.94. The number of amides is 1. The quantitative estimate of drug-likeness (QED) is 0.835. The zero-order chi connectivity index (χ0) is 18.8. The topological polar surface area (TPSA) is 97.1 Å². The molecule has 0 aliphatic heterocycles. The summed E-state index contributed by atoms with van der Waals surface area (Å²) in [5, 5.41) is 15.7. The fourth-order valence-corrected chi connectivity index (χ4v) is 2.05. The molecule has 7 nitrogen and oxygen atoms in total. The monoisotopic (exact) mass is 348 g/mol. The van der Waals surface area contributed by atoms with Crippen molar-refractivity contribution in [3.8, 4) is 5.69 Å². The molecule has 134 valence electrons. The number of halogens is 1. The number of carbonyl (C=O) groups excluding carboxylic acids is 1. The molecule has 0 aliphatic carbocycles. The highest BCUT2D eigenvalue weighted by molar-refractivity contribution is 5.90. The van der Waals surface area contributed by atoms with Crippen LogP contribution in [0.1, 0.15) is 50.1 Å². The molecule has 2 aromatic rings. The van der Waals surface area contributed by atoms with E-state index in [1.807, 2.05) is 13.8 Å². The minimum atomic E-state index is -1.12. The van der Waals surface area contributed by atoms with Gasteiger partial charge >= 0.3 is 5.97 Å². The van der Waals surface area contributed by atoms with Crippen molar-refractivity contribution in [1.82, 2.24) is 20.1 Å². The summed E-state index contributed by atoms with van der Waals surface area (Å²) in [5.74, 6) is -1.90. The minimum absolute atomic E-state index is 0.0770. The smallest absolute Gasteiger partial charge is 0.310 e. The van der Waals surface area contributed by atoms with E-state index >= 15 is 0 Å². The Balaban J connectivity index is 2.32. The number of para-hydroxylation sites is 1. The number of carbonyl (C=O) groups is 2. The summed E-state index contributed by atoms with van der Waals surface area (Å²) < 4.78 is 15.4. The van der Waals surface area contributed by atoms with Gasteiger partial charge in [-0.25, -0.2) is 14.1 Å². The summed E-state index contributed by atoms with van der Waals surface area (Å²) in [6, 6.07) is 6.08. The van der Waals surface area contributed by atoms with Gasteiger partial charge in [-0.15, -0.1) is 5.10 Å². The van der Waals surface area contributed by atoms with Crippen molar-refractivity contribution >= 4 is 11.9 Å². The van der Waals surface area contributed by atoms with E-state index in [0.29, 0.717) is 5.82 Å². The van der Waals surface area contributed by atoms with E-state index in [0.717, 1.165) is 0 Å². The molecule has 1 aromatic heterocycles. The zero-order valence-corrected chi connectivity index (χ0v) is 14.6. The van der Waals surface area contributed by atoms with Crippen LogP contribution in [0.4, 0.5) is 4.39 Å². The summed E-state index contributed by atoms with van der Waals surface area (Å²) in [6.45, 7) is 6.64. The van der Waals surface area contributed by atoms with Crippen LogP contribution in [0.25, 0.3) is 5.69 Å². The summed E-state index contributed by atoms with van der Waals surface area (Å²) >= 11 is 0. The van der Waals surface area contributed by atoms with Crippen molar-refractivity contribution < 1.29 is 19.1 Å². The maximum absolute atomic E-state index is 14.1. The number of hydrogen-bond donors (Lipinski definition) is 2. The second-order valence-electron chi connectivity index (χ2n) is 6.68. The number of carboxylic acids is 1. The first-order valence-corrected chi connectivity index (χ1v) is 7.87. The van der Waals surface area contributed by atoms with E-state index in [4.69, 9.17) is 5.11 Å². The number of aliphatic carboxylic acids is 1. The van der Waals surface area contributed by atoms with Crippen LogP contribution in [0, 0.1) is 11.2 Å². The Labute approximate surface area is 144 Å². The Morgan fingerprint density at radius 2 is 1.96 bits per heavy atom. The van der Waals surface area contributed by atoms with Crippen LogP contribution in [0.3, 0.4) is 0 Å². The Kier molecular flexibility index (Phi) is 5.20. The van der Waals surface area contributed by atoms with E-state index < -0.39 is 23.1 Å². The van der Waals surface area contributed by atoms with E-state index in [1.54, 1.807) is 18.2 Å². The van der Waals surface area contributed by atoms with Crippen molar-refractivity contribution in [2.24, 2.45) is 5.41 Å². The fourth-order valence-electron chi connectivity index (χ4n) is 2.05. The fraction of sp³-hybridized carbons (Fsp3) is 0.412. The predicted octanol–water partition coefficient (Wildman–Crippen LogP) is 2.37. The van der Waals surface area contributed by atoms with Gasteiger partial charge < -0.3 is 10.4 Å². The molecule has 0 unspecified atom stereocenters. The van der Waals surface area contributed by atoms with Crippen LogP contribution in [-0.2, 0) is 4.79 Å². The van der Waals surface area contributed by atoms with Gasteiger partial charge in [-0.3, -0.25) is 9.59 Å². The molecule has 2 N–H and O–H groups in total. The largest absolute Gasteiger partial charge is 0.481 e. The van der Waals surface area contributed by atoms with Crippen LogP contribution in [0.2, 0.25) is 0 Å². The molecular formula is C17H21FN4O3. The van der Waals surface area contributed by atoms with Crippen molar-refractivity contribution in [2.45, 2.75) is 33.6 Å². The highest BCUT2D eigenvalue weighted by Crippen LogP contribution is 2.20. The first kappa shape index (κ1) is 18.6. The predicted molar refractivity (Wildman–Crippen MR) is 89.2 cm³/mol. The van der Waals surface area contributed by atoms with Gasteiger partial charge in [0, 0.05) is 12.5 Å². The average Bonchev–Trinajstić information content (AvgIpc) is 2.98. The first-order valence-electron chi connectivity index (χ1n) is 7.87. The number of aromatic nitrogens is 3. The first-order chi connectivity index (χ1) is 11.6. The molecule has 1 heterocycles. The maximum Gasteiger partial charge on any atom is 0.310 e. The van der Waals surface area contributed by atoms with Crippen molar-refractivity contribution in [3.05, 3.63) is 41.7 Å². The van der Waals surface area contributed by atoms with Gasteiger partial charge in [0.15, 0.2) is 0 Å². The van der Waals surface area contributed by atoms with Crippen LogP contribution in [0.15, 0.2) is 24.3 Å². The molecular weight excluding hydrogens is 327 g/mol. The molecule has 8 heteroatoms. The number of carboxylic acid groups (broad SMARTS) is 1. The number of nitrogens with zero attached hydrogens (tertiary/aromatic N) is 3. The molecule has 1 aromatic carbocycles. The Hall–Kier alpha value is -2.77. The third kappa shape index (κ3) is 4.01. The van der Waals surface area contributed by atoms with Gasteiger partial charge in [0.1, 0.15) is 17.3 Å². The van der Waals surface area contributed by atoms with Gasteiger partial charge in [-0.2, -0.15) is 0 Å². The molecule has 25 heavy (non-hydrogen) atoms. The van der Waals surface area contributed by atoms with Crippen LogP contribution >= 0.6 is 0 Å². The molecule has 0 saturated carbocycles. The van der Waals surface area contributed by atoms with E-state index in [-0.39, 0.29) is 24.0 Å². The van der Waals surface area contributed by atoms with E-state index in [2.05, 4.69) is 15.4 Å². The van der Waals surface area contributed by atoms with Gasteiger partial charge in [0.05, 0.1) is 5.41 Å². The molecule has 0 radical (unpaired) electrons. The normalized spacial score (nSPS) is 11.6. The molecule has 0 bridgehead atoms. The molecule has 0 spiro atoms. The number of hydrogen-bond acceptors (Lipinski definition) is 4. The third-order valence-electron chi connectivity index (χ3n) is 3.70. The molecule has 0 atom stereocenters. The lowest BCUT2D eigenvalue weighted by Crippen LogP contribution is -2.39. The van der Waals surface area contributed by atoms with Crippen LogP contribution in [0.5, 0.6) is 0 Å². The highest BCUT2D eigenvalue weighted by atomic mass is 19.1. The van der Waals surface area contributed by atoms with Gasteiger partial charge in [0.2, 0.25) is 5.82 Å². The lowest BCUT2D eigenvalue weighted by molar-refractivity contribution is -0.146. The van der Waals surface area contributed by atoms with Crippen LogP contribution < -0.4 is 5.32 Å². The number of benzene rings is 1. The molecule has 1 amide bonds. The lowest BCUT2D eigenvalue weighted by Gasteiger charge is -2.18. The summed E-state index contributed by atoms with van der Waals surface area (Å²) in [6.07, 6.45) is 0. The van der Waals surface area contributed by atoms with Gasteiger partial charge in [-0.05, 0) is 26.0 Å². The van der Waals surface area contributed by atoms with Gasteiger partial charge in [0.25, 0.3) is 5.91 Å². The highest BCUT2D eigenvalue weighted by Gasteiger charge is 2.29. The SMILES string of the molecule is CC(C)c1nc(C(=O)NCC(C)(C)C(=O)O)nn1-c1ccccc1F. The maximum atomic E-state index is 14.1. The van der Waals surface area contributed by atoms with E-state index in [1.165, 1.54) is 24.6 Å². The third-order valence-corrected chi connectivity index (χ3v) is 3.70. The second-order valence-corrected chi connectivity index (χ2v) is 6.68. The zero-order valence-electron chi connectivity index (χ0n) is 14.6. The van der Waals surface area contributed by atoms with Crippen molar-refractivity contribution in [2.75, 3.05) is 6.54 Å². The standard InChI is InChI=1S/C17H21FN4O3/c1-10(2)14-20-13(15(23)19-9-17(3,4)16(24)25)21-22(14)12-8-6-5-7-11(12)18/h5-8,10H,9H2,1-4H3,(H,19,23)(H,24,25). The summed E-state index contributed by atoms with van der Waals surface area (Å²) in [4.78, 5) is 27.6. The average molecular weight is 348 g/mol. The Morgan fingerprint density at radius 3 is 2.52 bits per heavy atom. The summed E-state index contributed by atoms with van der Waals surface area (Å²) in [5.41, 5.74) is -0.923. The van der Waals surface area contributed by atoms with Crippen molar-refractivity contribution in [1.29, 1.82) is 0 Å². The molecule has 2 rings (SSSR count). The Bertz CT molecular complexity index is 799. The molecule has 0 fully saturated rings. The molecule has 0 saturated heterocycles. The van der Waals surface area contributed by atoms with Crippen LogP contribution in [-0.4, -0.2) is 38.3 Å². The van der Waals surface area contributed by atoms with Gasteiger partial charge in [-0.1, -0.05) is 26.0 Å². The van der Waals surface area contributed by atoms with Crippen molar-refractivity contribution in [3.63, 3.8) is 0 Å². The number of rotatable bonds is 6. The minimum Gasteiger partial charge on any atom is -0.481 e. The summed E-state index contributed by atoms with van der Waals surface area (Å²) in [7, 11) is 0. The van der Waals surface area contributed by atoms with E-state index in [9.17, 15) is 14.0 Å². The second kappa shape index (κ2) is 7.00. The molecule has 0 aliphatic rings. The Morgan fingerprint density at radius 1 is 1.32 bits per heavy atom. The number of nitrogens with one attached hydrogen (secondary N) is 1.